The maximum absolute atomic E-state index is 9.79. The molecule has 2 N–H and O–H groups in total. The van der Waals surface area contributed by atoms with E-state index in [0.29, 0.717) is 11.8 Å². The number of methoxy groups -OCH3 is 4. The van der Waals surface area contributed by atoms with Gasteiger partial charge >= 0.3 is 0 Å². The molecule has 2 aromatic rings. The van der Waals surface area contributed by atoms with Gasteiger partial charge in [0, 0.05) is 0 Å². The summed E-state index contributed by atoms with van der Waals surface area (Å²) in [5.74, 6) is 3.84. The van der Waals surface area contributed by atoms with Gasteiger partial charge in [-0.25, -0.2) is 0 Å². The maximum Gasteiger partial charge on any atom is 0.161 e. The van der Waals surface area contributed by atoms with Gasteiger partial charge in [0.15, 0.2) is 23.0 Å². The zero-order chi connectivity index (χ0) is 27.7. The molecule has 0 fully saturated rings. The summed E-state index contributed by atoms with van der Waals surface area (Å²) in [5, 5.41) is 19.6. The van der Waals surface area contributed by atoms with Gasteiger partial charge in [-0.3, -0.25) is 0 Å². The van der Waals surface area contributed by atoms with Crippen LogP contribution in [0, 0.1) is 0 Å². The van der Waals surface area contributed by atoms with E-state index in [0.717, 1.165) is 74.4 Å². The summed E-state index contributed by atoms with van der Waals surface area (Å²) in [6.07, 6.45) is 10.4. The third-order valence-electron chi connectivity index (χ3n) is 7.76. The SMILES string of the molecule is C=CC(O)C[C@@H]1CCCc2cc(OC)c(OC)cc21.C=CC(O)C[C@H]1CCCc2cc(OC)c(OC)cc21.S. The van der Waals surface area contributed by atoms with Gasteiger partial charge in [-0.05, 0) is 110 Å². The number of benzene rings is 2. The van der Waals surface area contributed by atoms with Gasteiger partial charge in [0.25, 0.3) is 0 Å². The summed E-state index contributed by atoms with van der Waals surface area (Å²) >= 11 is 0. The first-order valence-corrected chi connectivity index (χ1v) is 13.5. The van der Waals surface area contributed by atoms with Crippen molar-refractivity contribution in [2.24, 2.45) is 0 Å². The van der Waals surface area contributed by atoms with Crippen molar-refractivity contribution >= 4 is 13.5 Å². The van der Waals surface area contributed by atoms with Crippen LogP contribution in [0.3, 0.4) is 0 Å². The number of aliphatic hydroxyl groups excluding tert-OH is 2. The van der Waals surface area contributed by atoms with Crippen LogP contribution in [0.4, 0.5) is 0 Å². The highest BCUT2D eigenvalue weighted by Gasteiger charge is 2.25. The molecule has 4 atom stereocenters. The van der Waals surface area contributed by atoms with Gasteiger partial charge in [-0.15, -0.1) is 13.2 Å². The second kappa shape index (κ2) is 15.8. The molecule has 7 heteroatoms. The molecule has 6 nitrogen and oxygen atoms in total. The average Bonchev–Trinajstić information content (AvgIpc) is 2.96. The third kappa shape index (κ3) is 8.19. The van der Waals surface area contributed by atoms with Crippen LogP contribution in [-0.2, 0) is 12.8 Å². The van der Waals surface area contributed by atoms with E-state index in [-0.39, 0.29) is 13.5 Å². The number of hydrogen-bond donors (Lipinski definition) is 2. The second-order valence-electron chi connectivity index (χ2n) is 10.1. The fraction of sp³-hybridized carbons (Fsp3) is 0.500. The van der Waals surface area contributed by atoms with E-state index in [1.54, 1.807) is 40.6 Å². The van der Waals surface area contributed by atoms with E-state index in [4.69, 9.17) is 18.9 Å². The molecule has 2 aliphatic carbocycles. The van der Waals surface area contributed by atoms with Crippen molar-refractivity contribution in [2.75, 3.05) is 28.4 Å². The molecule has 0 amide bonds. The largest absolute Gasteiger partial charge is 0.493 e. The Kier molecular flexibility index (Phi) is 13.2. The van der Waals surface area contributed by atoms with Gasteiger partial charge in [0.1, 0.15) is 0 Å². The molecule has 2 unspecified atom stereocenters. The molecule has 0 saturated heterocycles. The Morgan fingerprint density at radius 2 is 1.03 bits per heavy atom. The van der Waals surface area contributed by atoms with Crippen molar-refractivity contribution in [1.29, 1.82) is 0 Å². The molecular weight excluding hydrogens is 512 g/mol. The van der Waals surface area contributed by atoms with Gasteiger partial charge in [-0.1, -0.05) is 12.2 Å². The first-order valence-electron chi connectivity index (χ1n) is 13.5. The Balaban J connectivity index is 0.000000267. The highest BCUT2D eigenvalue weighted by atomic mass is 32.1. The number of fused-ring (bicyclic) bond motifs is 2. The summed E-state index contributed by atoms with van der Waals surface area (Å²) in [6.45, 7) is 7.30. The lowest BCUT2D eigenvalue weighted by Gasteiger charge is -2.27. The molecule has 2 aromatic carbocycles. The predicted molar refractivity (Wildman–Crippen MR) is 162 cm³/mol. The quantitative estimate of drug-likeness (QED) is 0.337. The molecular formula is C32H46O6S. The Morgan fingerprint density at radius 3 is 1.33 bits per heavy atom. The molecule has 0 heterocycles. The molecule has 0 spiro atoms. The third-order valence-corrected chi connectivity index (χ3v) is 7.76. The summed E-state index contributed by atoms with van der Waals surface area (Å²) in [4.78, 5) is 0. The Bertz CT molecular complexity index is 999. The van der Waals surface area contributed by atoms with Crippen molar-refractivity contribution in [3.8, 4) is 23.0 Å². The van der Waals surface area contributed by atoms with Gasteiger partial charge in [0.05, 0.1) is 40.6 Å². The van der Waals surface area contributed by atoms with Crippen LogP contribution in [0.25, 0.3) is 0 Å². The van der Waals surface area contributed by atoms with Crippen LogP contribution in [0.1, 0.15) is 72.6 Å². The van der Waals surface area contributed by atoms with Crippen molar-refractivity contribution in [3.05, 3.63) is 71.8 Å². The highest BCUT2D eigenvalue weighted by Crippen LogP contribution is 2.42. The summed E-state index contributed by atoms with van der Waals surface area (Å²) in [7, 11) is 6.62. The zero-order valence-corrected chi connectivity index (χ0v) is 24.9. The molecule has 4 rings (SSSR count). The van der Waals surface area contributed by atoms with Crippen molar-refractivity contribution in [3.63, 3.8) is 0 Å². The van der Waals surface area contributed by atoms with Crippen LogP contribution >= 0.6 is 13.5 Å². The molecule has 216 valence electrons. The highest BCUT2D eigenvalue weighted by molar-refractivity contribution is 7.59. The molecule has 2 aliphatic rings. The first kappa shape index (κ1) is 32.6. The zero-order valence-electron chi connectivity index (χ0n) is 23.9. The Hall–Kier alpha value is -2.61. The maximum atomic E-state index is 9.79. The van der Waals surface area contributed by atoms with E-state index in [1.165, 1.54) is 22.3 Å². The number of aryl methyl sites for hydroxylation is 2. The second-order valence-corrected chi connectivity index (χ2v) is 10.1. The lowest BCUT2D eigenvalue weighted by atomic mass is 9.79. The molecule has 0 bridgehead atoms. The normalized spacial score (nSPS) is 18.9. The van der Waals surface area contributed by atoms with Crippen molar-refractivity contribution < 1.29 is 29.2 Å². The standard InChI is InChI=1S/2C16H22O3.H2S/c2*1-4-13(17)8-11-6-5-7-12-9-15(18-2)16(19-3)10-14(11)12;/h2*4,9-11,13,17H,1,5-8H2,2-3H3;1H2/t2*11-,13?;/m10./s1. The minimum absolute atomic E-state index is 0. The van der Waals surface area contributed by atoms with Crippen LogP contribution in [0.5, 0.6) is 23.0 Å². The van der Waals surface area contributed by atoms with Crippen molar-refractivity contribution in [1.82, 2.24) is 0 Å². The predicted octanol–water partition coefficient (Wildman–Crippen LogP) is 6.23. The van der Waals surface area contributed by atoms with Crippen LogP contribution in [-0.4, -0.2) is 50.9 Å². The van der Waals surface area contributed by atoms with E-state index >= 15 is 0 Å². The number of rotatable bonds is 10. The van der Waals surface area contributed by atoms with Crippen LogP contribution < -0.4 is 18.9 Å². The summed E-state index contributed by atoms with van der Waals surface area (Å²) in [6, 6.07) is 8.27. The summed E-state index contributed by atoms with van der Waals surface area (Å²) in [5.41, 5.74) is 5.19. The Labute approximate surface area is 241 Å². The molecule has 0 aliphatic heterocycles. The minimum Gasteiger partial charge on any atom is -0.493 e. The van der Waals surface area contributed by atoms with E-state index in [9.17, 15) is 10.2 Å². The van der Waals surface area contributed by atoms with Crippen LogP contribution in [0.2, 0.25) is 0 Å². The lowest BCUT2D eigenvalue weighted by molar-refractivity contribution is 0.197. The fourth-order valence-corrected chi connectivity index (χ4v) is 5.72. The van der Waals surface area contributed by atoms with Crippen LogP contribution in [0.15, 0.2) is 49.6 Å². The molecule has 0 radical (unpaired) electrons. The van der Waals surface area contributed by atoms with E-state index < -0.39 is 12.2 Å². The van der Waals surface area contributed by atoms with Gasteiger partial charge in [-0.2, -0.15) is 13.5 Å². The number of aliphatic hydroxyl groups is 2. The Morgan fingerprint density at radius 1 is 0.692 bits per heavy atom. The smallest absolute Gasteiger partial charge is 0.161 e. The molecule has 0 saturated carbocycles. The first-order chi connectivity index (χ1) is 18.4. The topological polar surface area (TPSA) is 77.4 Å². The van der Waals surface area contributed by atoms with E-state index in [1.807, 2.05) is 0 Å². The fourth-order valence-electron chi connectivity index (χ4n) is 5.72. The minimum atomic E-state index is -0.441. The molecule has 39 heavy (non-hydrogen) atoms. The number of hydrogen-bond acceptors (Lipinski definition) is 6. The number of ether oxygens (including phenoxy) is 4. The average molecular weight is 559 g/mol. The van der Waals surface area contributed by atoms with Crippen molar-refractivity contribution in [2.45, 2.75) is 75.4 Å². The van der Waals surface area contributed by atoms with E-state index in [2.05, 4.69) is 37.4 Å². The molecule has 0 aromatic heterocycles. The monoisotopic (exact) mass is 558 g/mol. The summed E-state index contributed by atoms with van der Waals surface area (Å²) < 4.78 is 21.4. The lowest BCUT2D eigenvalue weighted by Crippen LogP contribution is -2.15. The van der Waals surface area contributed by atoms with Gasteiger partial charge < -0.3 is 29.2 Å². The van der Waals surface area contributed by atoms with Gasteiger partial charge in [0.2, 0.25) is 0 Å².